The van der Waals surface area contributed by atoms with Crippen LogP contribution in [-0.4, -0.2) is 48.1 Å². The topological polar surface area (TPSA) is 15.3 Å². The molecule has 0 bridgehead atoms. The molecule has 2 aliphatic rings. The van der Waals surface area contributed by atoms with Gasteiger partial charge in [-0.25, -0.2) is 0 Å². The third kappa shape index (κ3) is 4.14. The van der Waals surface area contributed by atoms with E-state index in [0.29, 0.717) is 17.5 Å². The van der Waals surface area contributed by atoms with E-state index in [0.717, 1.165) is 0 Å². The molecule has 2 unspecified atom stereocenters. The van der Waals surface area contributed by atoms with E-state index in [9.17, 15) is 0 Å². The van der Waals surface area contributed by atoms with Crippen LogP contribution in [0.1, 0.15) is 46.5 Å². The normalized spacial score (nSPS) is 31.2. The molecular weight excluding hydrogens is 240 g/mol. The summed E-state index contributed by atoms with van der Waals surface area (Å²) in [5.41, 5.74) is 0.474. The predicted octanol–water partition coefficient (Wildman–Crippen LogP) is 2.98. The van der Waals surface area contributed by atoms with Crippen LogP contribution in [0.2, 0.25) is 0 Å². The van der Waals surface area contributed by atoms with E-state index in [1.54, 1.807) is 0 Å². The highest BCUT2D eigenvalue weighted by molar-refractivity contribution is 7.99. The van der Waals surface area contributed by atoms with Crippen molar-refractivity contribution in [2.45, 2.75) is 58.5 Å². The molecule has 2 nitrogen and oxygen atoms in total. The van der Waals surface area contributed by atoms with Crippen LogP contribution in [0.4, 0.5) is 0 Å². The number of rotatable bonds is 4. The van der Waals surface area contributed by atoms with Crippen LogP contribution in [-0.2, 0) is 0 Å². The molecule has 2 rings (SSSR count). The maximum atomic E-state index is 3.89. The molecule has 0 aromatic rings. The summed E-state index contributed by atoms with van der Waals surface area (Å²) in [7, 11) is 0. The fourth-order valence-electron chi connectivity index (χ4n) is 3.14. The lowest BCUT2D eigenvalue weighted by Gasteiger charge is -2.41. The van der Waals surface area contributed by atoms with Crippen molar-refractivity contribution in [1.82, 2.24) is 10.2 Å². The fraction of sp³-hybridized carbons (Fsp3) is 1.00. The Morgan fingerprint density at radius 1 is 1.28 bits per heavy atom. The molecule has 2 fully saturated rings. The van der Waals surface area contributed by atoms with Crippen LogP contribution in [0.5, 0.6) is 0 Å². The molecule has 0 aromatic carbocycles. The molecule has 2 aliphatic heterocycles. The van der Waals surface area contributed by atoms with Gasteiger partial charge in [0, 0.05) is 24.4 Å². The van der Waals surface area contributed by atoms with E-state index >= 15 is 0 Å². The van der Waals surface area contributed by atoms with Crippen molar-refractivity contribution in [1.29, 1.82) is 0 Å². The van der Waals surface area contributed by atoms with Crippen LogP contribution in [0.15, 0.2) is 0 Å². The van der Waals surface area contributed by atoms with Crippen molar-refractivity contribution in [2.24, 2.45) is 5.41 Å². The number of nitrogens with one attached hydrogen (secondary N) is 1. The van der Waals surface area contributed by atoms with Crippen molar-refractivity contribution in [2.75, 3.05) is 31.1 Å². The van der Waals surface area contributed by atoms with E-state index in [1.807, 2.05) is 0 Å². The zero-order valence-corrected chi connectivity index (χ0v) is 13.2. The molecule has 2 heterocycles. The smallest absolute Gasteiger partial charge is 0.0212 e. The SMILES string of the molecule is CC(CN1CCCCC1)NC1CSCCC1(C)C. The first-order chi connectivity index (χ1) is 8.58. The van der Waals surface area contributed by atoms with Gasteiger partial charge >= 0.3 is 0 Å². The van der Waals surface area contributed by atoms with Crippen LogP contribution in [0.3, 0.4) is 0 Å². The highest BCUT2D eigenvalue weighted by atomic mass is 32.2. The Morgan fingerprint density at radius 3 is 2.67 bits per heavy atom. The monoisotopic (exact) mass is 270 g/mol. The van der Waals surface area contributed by atoms with Gasteiger partial charge in [0.2, 0.25) is 0 Å². The van der Waals surface area contributed by atoms with Crippen molar-refractivity contribution < 1.29 is 0 Å². The van der Waals surface area contributed by atoms with Crippen LogP contribution in [0.25, 0.3) is 0 Å². The van der Waals surface area contributed by atoms with Crippen molar-refractivity contribution in [3.8, 4) is 0 Å². The molecule has 1 N–H and O–H groups in total. The summed E-state index contributed by atoms with van der Waals surface area (Å²) < 4.78 is 0. The quantitative estimate of drug-likeness (QED) is 0.845. The molecule has 2 saturated heterocycles. The van der Waals surface area contributed by atoms with E-state index in [1.165, 1.54) is 56.8 Å². The zero-order valence-electron chi connectivity index (χ0n) is 12.4. The van der Waals surface area contributed by atoms with Gasteiger partial charge in [-0.1, -0.05) is 20.3 Å². The Hall–Kier alpha value is 0.270. The molecule has 0 amide bonds. The van der Waals surface area contributed by atoms with Gasteiger partial charge in [0.05, 0.1) is 0 Å². The van der Waals surface area contributed by atoms with Gasteiger partial charge in [-0.15, -0.1) is 0 Å². The molecule has 0 spiro atoms. The van der Waals surface area contributed by atoms with Gasteiger partial charge in [0.25, 0.3) is 0 Å². The number of hydrogen-bond acceptors (Lipinski definition) is 3. The molecule has 106 valence electrons. The molecular formula is C15H30N2S. The lowest BCUT2D eigenvalue weighted by molar-refractivity contribution is 0.179. The summed E-state index contributed by atoms with van der Waals surface area (Å²) >= 11 is 2.12. The number of hydrogen-bond donors (Lipinski definition) is 1. The Bertz CT molecular complexity index is 249. The van der Waals surface area contributed by atoms with Gasteiger partial charge in [0.15, 0.2) is 0 Å². The minimum Gasteiger partial charge on any atom is -0.309 e. The van der Waals surface area contributed by atoms with Crippen molar-refractivity contribution in [3.05, 3.63) is 0 Å². The van der Waals surface area contributed by atoms with Gasteiger partial charge in [-0.05, 0) is 50.4 Å². The van der Waals surface area contributed by atoms with Crippen molar-refractivity contribution in [3.63, 3.8) is 0 Å². The first kappa shape index (κ1) is 14.7. The molecule has 0 aliphatic carbocycles. The minimum atomic E-state index is 0.474. The summed E-state index contributed by atoms with van der Waals surface area (Å²) in [5.74, 6) is 2.63. The second kappa shape index (κ2) is 6.62. The lowest BCUT2D eigenvalue weighted by atomic mass is 9.82. The summed E-state index contributed by atoms with van der Waals surface area (Å²) in [6, 6.07) is 1.32. The van der Waals surface area contributed by atoms with E-state index in [-0.39, 0.29) is 0 Å². The summed E-state index contributed by atoms with van der Waals surface area (Å²) in [4.78, 5) is 2.64. The number of piperidine rings is 1. The predicted molar refractivity (Wildman–Crippen MR) is 82.4 cm³/mol. The first-order valence-electron chi connectivity index (χ1n) is 7.64. The molecule has 0 saturated carbocycles. The van der Waals surface area contributed by atoms with E-state index < -0.39 is 0 Å². The average molecular weight is 270 g/mol. The Balaban J connectivity index is 1.77. The maximum Gasteiger partial charge on any atom is 0.0212 e. The van der Waals surface area contributed by atoms with Gasteiger partial charge in [-0.2, -0.15) is 11.8 Å². The van der Waals surface area contributed by atoms with Gasteiger partial charge in [0.1, 0.15) is 0 Å². The average Bonchev–Trinajstić information content (AvgIpc) is 2.33. The second-order valence-corrected chi connectivity index (χ2v) is 7.94. The first-order valence-corrected chi connectivity index (χ1v) is 8.79. The van der Waals surface area contributed by atoms with Gasteiger partial charge < -0.3 is 10.2 Å². The maximum absolute atomic E-state index is 3.89. The Labute approximate surface area is 117 Å². The molecule has 3 heteroatoms. The second-order valence-electron chi connectivity index (χ2n) is 6.80. The number of nitrogens with zero attached hydrogens (tertiary/aromatic N) is 1. The minimum absolute atomic E-state index is 0.474. The molecule has 0 aromatic heterocycles. The van der Waals surface area contributed by atoms with Crippen LogP contribution in [0, 0.1) is 5.41 Å². The van der Waals surface area contributed by atoms with E-state index in [4.69, 9.17) is 0 Å². The highest BCUT2D eigenvalue weighted by Gasteiger charge is 2.33. The van der Waals surface area contributed by atoms with Crippen LogP contribution < -0.4 is 5.32 Å². The highest BCUT2D eigenvalue weighted by Crippen LogP contribution is 2.34. The molecule has 18 heavy (non-hydrogen) atoms. The standard InChI is InChI=1S/C15H30N2S/c1-13(11-17-8-5-4-6-9-17)16-14-12-18-10-7-15(14,2)3/h13-14,16H,4-12H2,1-3H3. The summed E-state index contributed by atoms with van der Waals surface area (Å²) in [6.45, 7) is 11.1. The molecule has 2 atom stereocenters. The van der Waals surface area contributed by atoms with Crippen LogP contribution >= 0.6 is 11.8 Å². The fourth-order valence-corrected chi connectivity index (χ4v) is 4.76. The lowest BCUT2D eigenvalue weighted by Crippen LogP contribution is -2.53. The molecule has 0 radical (unpaired) electrons. The number of thioether (sulfide) groups is 1. The summed E-state index contributed by atoms with van der Waals surface area (Å²) in [5, 5.41) is 3.89. The zero-order chi connectivity index (χ0) is 13.0. The largest absolute Gasteiger partial charge is 0.309 e. The third-order valence-electron chi connectivity index (χ3n) is 4.59. The van der Waals surface area contributed by atoms with Crippen molar-refractivity contribution >= 4 is 11.8 Å². The van der Waals surface area contributed by atoms with Gasteiger partial charge in [-0.3, -0.25) is 0 Å². The Morgan fingerprint density at radius 2 is 2.00 bits per heavy atom. The van der Waals surface area contributed by atoms with E-state index in [2.05, 4.69) is 42.7 Å². The number of likely N-dealkylation sites (tertiary alicyclic amines) is 1. The third-order valence-corrected chi connectivity index (χ3v) is 5.65. The summed E-state index contributed by atoms with van der Waals surface area (Å²) in [6.07, 6.45) is 5.59. The Kier molecular flexibility index (Phi) is 5.40.